The Bertz CT molecular complexity index is 1020. The average molecular weight is 304 g/mol. The Kier molecular flexibility index (Phi) is 3.01. The summed E-state index contributed by atoms with van der Waals surface area (Å²) >= 11 is 0. The van der Waals surface area contributed by atoms with Crippen LogP contribution in [0.1, 0.15) is 11.3 Å². The van der Waals surface area contributed by atoms with Crippen LogP contribution >= 0.6 is 0 Å². The number of anilines is 2. The molecule has 23 heavy (non-hydrogen) atoms. The van der Waals surface area contributed by atoms with Crippen LogP contribution in [0.2, 0.25) is 0 Å². The zero-order valence-corrected chi connectivity index (χ0v) is 13.4. The Hall–Kier alpha value is -2.95. The van der Waals surface area contributed by atoms with E-state index in [9.17, 15) is 0 Å². The Balaban J connectivity index is 1.96. The van der Waals surface area contributed by atoms with Gasteiger partial charge in [0.25, 0.3) is 0 Å². The van der Waals surface area contributed by atoms with Gasteiger partial charge < -0.3 is 0 Å². The molecule has 114 valence electrons. The summed E-state index contributed by atoms with van der Waals surface area (Å²) in [7, 11) is 1.91. The van der Waals surface area contributed by atoms with E-state index in [4.69, 9.17) is 4.98 Å². The van der Waals surface area contributed by atoms with E-state index in [1.807, 2.05) is 26.1 Å². The first-order valence-corrected chi connectivity index (χ1v) is 7.61. The average Bonchev–Trinajstić information content (AvgIpc) is 2.86. The minimum Gasteiger partial charge on any atom is -0.273 e. The molecule has 2 heterocycles. The standard InChI is InChI=1S/C18H18N5/c1-12-8-10-14(11-9-12)20-17-21-22(3)18-19-13(2)15-6-4-5-7-16(15)23(17)18/h4-11H,1-3H3,(H,20,21)/q+1. The van der Waals surface area contributed by atoms with Crippen molar-refractivity contribution in [3.63, 3.8) is 0 Å². The van der Waals surface area contributed by atoms with Crippen molar-refractivity contribution in [1.82, 2.24) is 14.8 Å². The molecule has 0 spiro atoms. The number of nitrogens with one attached hydrogen (secondary N) is 1. The van der Waals surface area contributed by atoms with E-state index in [1.54, 1.807) is 4.68 Å². The molecule has 0 atom stereocenters. The molecule has 1 N–H and O–H groups in total. The smallest absolute Gasteiger partial charge is 0.273 e. The molecule has 0 unspecified atom stereocenters. The number of hydrogen-bond donors (Lipinski definition) is 1. The fraction of sp³-hybridized carbons (Fsp3) is 0.167. The predicted octanol–water partition coefficient (Wildman–Crippen LogP) is 3.07. The van der Waals surface area contributed by atoms with Crippen molar-refractivity contribution >= 4 is 28.3 Å². The molecule has 0 bridgehead atoms. The summed E-state index contributed by atoms with van der Waals surface area (Å²) in [6.45, 7) is 4.11. The minimum atomic E-state index is 0.759. The molecular formula is C18H18N5+. The second-order valence-corrected chi connectivity index (χ2v) is 5.79. The maximum Gasteiger partial charge on any atom is 0.358 e. The van der Waals surface area contributed by atoms with E-state index in [1.165, 1.54) is 5.56 Å². The van der Waals surface area contributed by atoms with Crippen molar-refractivity contribution in [1.29, 1.82) is 0 Å². The first-order chi connectivity index (χ1) is 11.1. The Morgan fingerprint density at radius 3 is 2.52 bits per heavy atom. The minimum absolute atomic E-state index is 0.759. The number of fused-ring (bicyclic) bond motifs is 3. The number of nitrogens with zero attached hydrogens (tertiary/aromatic N) is 4. The van der Waals surface area contributed by atoms with Crippen LogP contribution in [0.4, 0.5) is 11.6 Å². The topological polar surface area (TPSA) is 46.8 Å². The first kappa shape index (κ1) is 13.7. The Morgan fingerprint density at radius 1 is 1.00 bits per heavy atom. The monoisotopic (exact) mass is 304 g/mol. The van der Waals surface area contributed by atoms with E-state index in [2.05, 4.69) is 58.1 Å². The van der Waals surface area contributed by atoms with Crippen LogP contribution in [0.25, 0.3) is 16.7 Å². The van der Waals surface area contributed by atoms with Crippen molar-refractivity contribution < 1.29 is 4.40 Å². The van der Waals surface area contributed by atoms with Gasteiger partial charge in [-0.15, -0.1) is 9.67 Å². The van der Waals surface area contributed by atoms with Gasteiger partial charge in [-0.1, -0.05) is 29.8 Å². The number of rotatable bonds is 2. The highest BCUT2D eigenvalue weighted by Crippen LogP contribution is 2.18. The van der Waals surface area contributed by atoms with Gasteiger partial charge in [0.2, 0.25) is 0 Å². The normalized spacial score (nSPS) is 11.3. The van der Waals surface area contributed by atoms with E-state index in [0.29, 0.717) is 0 Å². The molecule has 5 nitrogen and oxygen atoms in total. The molecule has 0 saturated heterocycles. The summed E-state index contributed by atoms with van der Waals surface area (Å²) in [5.74, 6) is 1.57. The van der Waals surface area contributed by atoms with Gasteiger partial charge in [0.1, 0.15) is 0 Å². The summed E-state index contributed by atoms with van der Waals surface area (Å²) in [5.41, 5.74) is 4.34. The van der Waals surface area contributed by atoms with Crippen molar-refractivity contribution in [3.05, 3.63) is 59.8 Å². The number of hydrogen-bond acceptors (Lipinski definition) is 3. The first-order valence-electron chi connectivity index (χ1n) is 7.61. The number of aryl methyl sites for hydroxylation is 3. The molecule has 2 aromatic carbocycles. The molecular weight excluding hydrogens is 286 g/mol. The maximum atomic E-state index is 4.70. The van der Waals surface area contributed by atoms with Gasteiger partial charge in [-0.05, 0) is 43.2 Å². The highest BCUT2D eigenvalue weighted by atomic mass is 15.4. The van der Waals surface area contributed by atoms with E-state index >= 15 is 0 Å². The molecule has 0 amide bonds. The lowest BCUT2D eigenvalue weighted by molar-refractivity contribution is -0.468. The Labute approximate surface area is 134 Å². The molecule has 0 saturated carbocycles. The van der Waals surface area contributed by atoms with Crippen molar-refractivity contribution in [3.8, 4) is 0 Å². The van der Waals surface area contributed by atoms with Crippen LogP contribution in [-0.2, 0) is 7.05 Å². The van der Waals surface area contributed by atoms with Crippen molar-refractivity contribution in [2.24, 2.45) is 7.05 Å². The molecule has 0 fully saturated rings. The summed E-state index contributed by atoms with van der Waals surface area (Å²) in [6, 6.07) is 16.5. The molecule has 0 aliphatic carbocycles. The van der Waals surface area contributed by atoms with E-state index in [0.717, 1.165) is 34.0 Å². The predicted molar refractivity (Wildman–Crippen MR) is 90.9 cm³/mol. The molecule has 0 aliphatic rings. The van der Waals surface area contributed by atoms with Gasteiger partial charge >= 0.3 is 11.7 Å². The molecule has 4 aromatic rings. The lowest BCUT2D eigenvalue weighted by Gasteiger charge is -2.03. The van der Waals surface area contributed by atoms with Gasteiger partial charge in [0, 0.05) is 5.39 Å². The highest BCUT2D eigenvalue weighted by Gasteiger charge is 2.21. The lowest BCUT2D eigenvalue weighted by Crippen LogP contribution is -2.26. The molecule has 0 aliphatic heterocycles. The quantitative estimate of drug-likeness (QED) is 0.579. The third kappa shape index (κ3) is 2.21. The van der Waals surface area contributed by atoms with Crippen LogP contribution in [0.5, 0.6) is 0 Å². The summed E-state index contributed by atoms with van der Waals surface area (Å²) < 4.78 is 3.86. The van der Waals surface area contributed by atoms with Gasteiger partial charge in [0.15, 0.2) is 0 Å². The van der Waals surface area contributed by atoms with Gasteiger partial charge in [0.05, 0.1) is 23.9 Å². The number of aromatic nitrogens is 4. The van der Waals surface area contributed by atoms with E-state index < -0.39 is 0 Å². The van der Waals surface area contributed by atoms with Gasteiger partial charge in [-0.3, -0.25) is 5.32 Å². The fourth-order valence-electron chi connectivity index (χ4n) is 2.85. The number of para-hydroxylation sites is 1. The SMILES string of the molecule is Cc1ccc(Nc2nn(C)c3nc(C)c4ccccc4[n+]23)cc1. The molecule has 5 heteroatoms. The van der Waals surface area contributed by atoms with Crippen LogP contribution in [0.15, 0.2) is 48.5 Å². The molecule has 0 radical (unpaired) electrons. The summed E-state index contributed by atoms with van der Waals surface area (Å²) in [4.78, 5) is 4.70. The zero-order valence-electron chi connectivity index (χ0n) is 13.4. The van der Waals surface area contributed by atoms with Crippen LogP contribution in [-0.4, -0.2) is 14.8 Å². The third-order valence-corrected chi connectivity index (χ3v) is 4.06. The second kappa shape index (κ2) is 5.05. The van der Waals surface area contributed by atoms with Gasteiger partial charge in [-0.2, -0.15) is 4.40 Å². The van der Waals surface area contributed by atoms with Crippen LogP contribution < -0.4 is 9.72 Å². The van der Waals surface area contributed by atoms with Crippen molar-refractivity contribution in [2.75, 3.05) is 5.32 Å². The van der Waals surface area contributed by atoms with Crippen LogP contribution in [0, 0.1) is 13.8 Å². The zero-order chi connectivity index (χ0) is 16.0. The van der Waals surface area contributed by atoms with E-state index in [-0.39, 0.29) is 0 Å². The molecule has 4 rings (SSSR count). The molecule has 2 aromatic heterocycles. The fourth-order valence-corrected chi connectivity index (χ4v) is 2.85. The second-order valence-electron chi connectivity index (χ2n) is 5.79. The van der Waals surface area contributed by atoms with Crippen LogP contribution in [0.3, 0.4) is 0 Å². The maximum absolute atomic E-state index is 4.70. The largest absolute Gasteiger partial charge is 0.358 e. The lowest BCUT2D eigenvalue weighted by atomic mass is 10.2. The summed E-state index contributed by atoms with van der Waals surface area (Å²) in [5, 5.41) is 9.13. The third-order valence-electron chi connectivity index (χ3n) is 4.06. The Morgan fingerprint density at radius 2 is 1.74 bits per heavy atom. The van der Waals surface area contributed by atoms with Gasteiger partial charge in [-0.25, -0.2) is 0 Å². The van der Waals surface area contributed by atoms with Crippen molar-refractivity contribution in [2.45, 2.75) is 13.8 Å². The number of benzene rings is 2. The highest BCUT2D eigenvalue weighted by molar-refractivity contribution is 5.79. The summed E-state index contributed by atoms with van der Waals surface area (Å²) in [6.07, 6.45) is 0.